The van der Waals surface area contributed by atoms with E-state index < -0.39 is 18.2 Å². The third-order valence-electron chi connectivity index (χ3n) is 11.3. The molecule has 3 N–H and O–H groups in total. The van der Waals surface area contributed by atoms with Gasteiger partial charge < -0.3 is 20.3 Å². The van der Waals surface area contributed by atoms with Gasteiger partial charge in [0.05, 0.1) is 25.2 Å². The number of ether oxygens (including phenoxy) is 1. The van der Waals surface area contributed by atoms with Crippen LogP contribution in [0.1, 0.15) is 245 Å². The maximum absolute atomic E-state index is 13.2. The highest BCUT2D eigenvalue weighted by Crippen LogP contribution is 2.18. The first kappa shape index (κ1) is 55.8. The summed E-state index contributed by atoms with van der Waals surface area (Å²) in [7, 11) is 0. The Morgan fingerprint density at radius 1 is 0.517 bits per heavy atom. The first-order chi connectivity index (χ1) is 28.5. The van der Waals surface area contributed by atoms with Gasteiger partial charge in [-0.3, -0.25) is 9.59 Å². The van der Waals surface area contributed by atoms with Gasteiger partial charge in [-0.25, -0.2) is 0 Å². The van der Waals surface area contributed by atoms with Gasteiger partial charge in [0.15, 0.2) is 0 Å². The first-order valence-electron chi connectivity index (χ1n) is 24.9. The van der Waals surface area contributed by atoms with Crippen LogP contribution in [0.15, 0.2) is 48.6 Å². The molecule has 0 aromatic heterocycles. The predicted molar refractivity (Wildman–Crippen MR) is 250 cm³/mol. The maximum atomic E-state index is 13.2. The number of amides is 1. The molecule has 0 aromatic rings. The van der Waals surface area contributed by atoms with Crippen molar-refractivity contribution in [1.82, 2.24) is 5.32 Å². The normalized spacial score (nSPS) is 13.7. The molecule has 0 bridgehead atoms. The van der Waals surface area contributed by atoms with Crippen molar-refractivity contribution in [1.29, 1.82) is 0 Å². The third kappa shape index (κ3) is 40.6. The average Bonchev–Trinajstić information content (AvgIpc) is 3.22. The number of hydrogen-bond donors (Lipinski definition) is 3. The Balaban J connectivity index is 4.62. The van der Waals surface area contributed by atoms with Crippen LogP contribution in [0.5, 0.6) is 0 Å². The zero-order chi connectivity index (χ0) is 42.4. The van der Waals surface area contributed by atoms with E-state index in [9.17, 15) is 19.8 Å². The Kier molecular flexibility index (Phi) is 44.2. The summed E-state index contributed by atoms with van der Waals surface area (Å²) in [6, 6.07) is -0.712. The highest BCUT2D eigenvalue weighted by molar-refractivity contribution is 5.77. The molecule has 0 aromatic carbocycles. The molecule has 0 spiro atoms. The Hall–Kier alpha value is -2.18. The Bertz CT molecular complexity index is 1000. The Labute approximate surface area is 359 Å². The minimum Gasteiger partial charge on any atom is -0.462 e. The van der Waals surface area contributed by atoms with Crippen molar-refractivity contribution in [2.75, 3.05) is 6.61 Å². The summed E-state index contributed by atoms with van der Waals surface area (Å²) in [5.41, 5.74) is 0. The fraction of sp³-hybridized carbons (Fsp3) is 0.808. The van der Waals surface area contributed by atoms with Gasteiger partial charge in [-0.15, -0.1) is 0 Å². The second kappa shape index (κ2) is 45.9. The average molecular weight is 814 g/mol. The summed E-state index contributed by atoms with van der Waals surface area (Å²) in [5, 5.41) is 23.7. The number of esters is 1. The molecule has 0 heterocycles. The molecule has 0 aliphatic carbocycles. The van der Waals surface area contributed by atoms with Gasteiger partial charge in [0, 0.05) is 6.42 Å². The smallest absolute Gasteiger partial charge is 0.306 e. The van der Waals surface area contributed by atoms with Crippen LogP contribution in [-0.4, -0.2) is 46.9 Å². The molecule has 58 heavy (non-hydrogen) atoms. The lowest BCUT2D eigenvalue weighted by Gasteiger charge is -2.24. The van der Waals surface area contributed by atoms with Crippen molar-refractivity contribution in [3.05, 3.63) is 48.6 Å². The van der Waals surface area contributed by atoms with Crippen molar-refractivity contribution in [2.24, 2.45) is 0 Å². The molecule has 6 heteroatoms. The van der Waals surface area contributed by atoms with Crippen LogP contribution in [0.4, 0.5) is 0 Å². The van der Waals surface area contributed by atoms with E-state index in [1.165, 1.54) is 128 Å². The van der Waals surface area contributed by atoms with E-state index >= 15 is 0 Å². The van der Waals surface area contributed by atoms with Crippen LogP contribution >= 0.6 is 0 Å². The SMILES string of the molecule is CC/C=C/C=C/C=C/C=C\CCCCCC(CC(=O)NC(CO)C(O)CCCCCCCCCCCCCC)OC(=O)CCCCCCCCCCCCCCCC. The largest absolute Gasteiger partial charge is 0.462 e. The predicted octanol–water partition coefficient (Wildman–Crippen LogP) is 14.7. The van der Waals surface area contributed by atoms with Crippen molar-refractivity contribution < 1.29 is 24.5 Å². The molecule has 1 amide bonds. The lowest BCUT2D eigenvalue weighted by molar-refractivity contribution is -0.151. The van der Waals surface area contributed by atoms with Gasteiger partial charge in [-0.05, 0) is 44.9 Å². The molecule has 0 saturated heterocycles. The molecule has 338 valence electrons. The molecule has 0 radical (unpaired) electrons. The van der Waals surface area contributed by atoms with E-state index in [4.69, 9.17) is 4.74 Å². The van der Waals surface area contributed by atoms with E-state index in [2.05, 4.69) is 50.4 Å². The van der Waals surface area contributed by atoms with Crippen LogP contribution in [-0.2, 0) is 14.3 Å². The Morgan fingerprint density at radius 3 is 1.41 bits per heavy atom. The van der Waals surface area contributed by atoms with Gasteiger partial charge >= 0.3 is 5.97 Å². The van der Waals surface area contributed by atoms with Gasteiger partial charge in [-0.2, -0.15) is 0 Å². The van der Waals surface area contributed by atoms with E-state index in [0.29, 0.717) is 19.3 Å². The molecule has 0 fully saturated rings. The molecule has 3 atom stereocenters. The van der Waals surface area contributed by atoms with Crippen LogP contribution < -0.4 is 5.32 Å². The maximum Gasteiger partial charge on any atom is 0.306 e. The second-order valence-electron chi connectivity index (χ2n) is 16.9. The van der Waals surface area contributed by atoms with Crippen LogP contribution in [0.25, 0.3) is 0 Å². The molecular formula is C52H95NO5. The fourth-order valence-electron chi connectivity index (χ4n) is 7.50. The minimum atomic E-state index is -0.796. The summed E-state index contributed by atoms with van der Waals surface area (Å²) in [6.07, 6.45) is 54.5. The molecule has 0 saturated carbocycles. The lowest BCUT2D eigenvalue weighted by atomic mass is 10.0. The van der Waals surface area contributed by atoms with Crippen molar-refractivity contribution >= 4 is 11.9 Å². The van der Waals surface area contributed by atoms with E-state index in [1.807, 2.05) is 24.3 Å². The molecule has 0 aliphatic rings. The number of allylic oxidation sites excluding steroid dienone is 8. The summed E-state index contributed by atoms with van der Waals surface area (Å²) in [4.78, 5) is 26.1. The molecule has 6 nitrogen and oxygen atoms in total. The summed E-state index contributed by atoms with van der Waals surface area (Å²) < 4.78 is 5.91. The third-order valence-corrected chi connectivity index (χ3v) is 11.3. The number of aliphatic hydroxyl groups is 2. The van der Waals surface area contributed by atoms with Crippen LogP contribution in [0.3, 0.4) is 0 Å². The lowest BCUT2D eigenvalue weighted by Crippen LogP contribution is -2.46. The second-order valence-corrected chi connectivity index (χ2v) is 16.9. The summed E-state index contributed by atoms with van der Waals surface area (Å²) in [6.45, 7) is 6.33. The number of hydrogen-bond acceptors (Lipinski definition) is 5. The van der Waals surface area contributed by atoms with Crippen molar-refractivity contribution in [3.63, 3.8) is 0 Å². The summed E-state index contributed by atoms with van der Waals surface area (Å²) in [5.74, 6) is -0.507. The molecular weight excluding hydrogens is 719 g/mol. The fourth-order valence-corrected chi connectivity index (χ4v) is 7.50. The number of rotatable bonds is 44. The van der Waals surface area contributed by atoms with Gasteiger partial charge in [0.1, 0.15) is 6.10 Å². The highest BCUT2D eigenvalue weighted by Gasteiger charge is 2.24. The monoisotopic (exact) mass is 814 g/mol. The number of unbranched alkanes of at least 4 members (excludes halogenated alkanes) is 27. The Morgan fingerprint density at radius 2 is 0.931 bits per heavy atom. The number of carbonyl (C=O) groups is 2. The van der Waals surface area contributed by atoms with Crippen LogP contribution in [0.2, 0.25) is 0 Å². The van der Waals surface area contributed by atoms with Gasteiger partial charge in [0.2, 0.25) is 5.91 Å². The van der Waals surface area contributed by atoms with Crippen molar-refractivity contribution in [3.8, 4) is 0 Å². The zero-order valence-electron chi connectivity index (χ0n) is 38.4. The number of nitrogens with one attached hydrogen (secondary N) is 1. The number of aliphatic hydroxyl groups excluding tert-OH is 2. The zero-order valence-corrected chi connectivity index (χ0v) is 38.4. The van der Waals surface area contributed by atoms with E-state index in [0.717, 1.165) is 70.6 Å². The standard InChI is InChI=1S/C52H95NO5/c1-4-7-10-13-16-19-22-25-27-30-33-36-39-42-45-52(57)58-48(43-40-37-34-31-28-26-23-20-17-14-11-8-5-2)46-51(56)53-49(47-54)50(55)44-41-38-35-32-29-24-21-18-15-12-9-6-3/h8,11,14,17,20,23,26,28,48-50,54-55H,4-7,9-10,12-13,15-16,18-19,21-22,24-25,27,29-47H2,1-3H3,(H,53,56)/b11-8+,17-14+,23-20+,28-26-. The number of carbonyl (C=O) groups excluding carboxylic acids is 2. The summed E-state index contributed by atoms with van der Waals surface area (Å²) >= 11 is 0. The van der Waals surface area contributed by atoms with E-state index in [1.54, 1.807) is 0 Å². The topological polar surface area (TPSA) is 95.9 Å². The molecule has 3 unspecified atom stereocenters. The van der Waals surface area contributed by atoms with Gasteiger partial charge in [0.25, 0.3) is 0 Å². The van der Waals surface area contributed by atoms with Crippen LogP contribution in [0, 0.1) is 0 Å². The highest BCUT2D eigenvalue weighted by atomic mass is 16.5. The van der Waals surface area contributed by atoms with E-state index in [-0.39, 0.29) is 24.9 Å². The molecule has 0 aliphatic heterocycles. The van der Waals surface area contributed by atoms with Gasteiger partial charge in [-0.1, -0.05) is 236 Å². The molecule has 0 rings (SSSR count). The quantitative estimate of drug-likeness (QED) is 0.0323. The minimum absolute atomic E-state index is 0.0535. The first-order valence-corrected chi connectivity index (χ1v) is 24.9. The van der Waals surface area contributed by atoms with Crippen molar-refractivity contribution in [2.45, 2.75) is 264 Å².